The number of hydrogen-bond donors (Lipinski definition) is 2. The van der Waals surface area contributed by atoms with Gasteiger partial charge in [-0.2, -0.15) is 0 Å². The van der Waals surface area contributed by atoms with Gasteiger partial charge in [-0.15, -0.1) is 0 Å². The zero-order valence-electron chi connectivity index (χ0n) is 15.2. The summed E-state index contributed by atoms with van der Waals surface area (Å²) in [6, 6.07) is 4.38. The molecule has 0 spiro atoms. The van der Waals surface area contributed by atoms with E-state index in [1.165, 1.54) is 22.2 Å². The highest BCUT2D eigenvalue weighted by molar-refractivity contribution is 5.88. The van der Waals surface area contributed by atoms with Crippen LogP contribution in [0.5, 0.6) is 0 Å². The Kier molecular flexibility index (Phi) is 5.47. The summed E-state index contributed by atoms with van der Waals surface area (Å²) in [7, 11) is 3.98. The molecule has 0 aliphatic rings. The number of fused-ring (bicyclic) bond motifs is 1. The van der Waals surface area contributed by atoms with Gasteiger partial charge in [0.25, 0.3) is 0 Å². The first-order valence-electron chi connectivity index (χ1n) is 8.36. The molecule has 1 unspecified atom stereocenters. The first-order chi connectivity index (χ1) is 10.8. The van der Waals surface area contributed by atoms with Gasteiger partial charge in [0, 0.05) is 30.1 Å². The smallest absolute Gasteiger partial charge is 0.224 e. The Bertz CT molecular complexity index is 700. The number of aromatic nitrogens is 1. The molecule has 2 aromatic rings. The Hall–Kier alpha value is -1.81. The van der Waals surface area contributed by atoms with Gasteiger partial charge in [-0.25, -0.2) is 0 Å². The second kappa shape index (κ2) is 7.18. The maximum absolute atomic E-state index is 12.3. The number of carbonyl (C=O) groups is 1. The molecule has 23 heavy (non-hydrogen) atoms. The molecule has 1 amide bonds. The second-order valence-electron chi connectivity index (χ2n) is 6.81. The number of aromatic amines is 1. The summed E-state index contributed by atoms with van der Waals surface area (Å²) in [5.74, 6) is 0.0919. The minimum absolute atomic E-state index is 0.0121. The van der Waals surface area contributed by atoms with Crippen LogP contribution in [-0.2, 0) is 17.8 Å². The van der Waals surface area contributed by atoms with Gasteiger partial charge in [0.2, 0.25) is 5.91 Å². The third kappa shape index (κ3) is 3.94. The molecule has 0 aliphatic heterocycles. The molecule has 0 fully saturated rings. The SMILES string of the molecule is CCc1[nH]c2c(CNC(=O)C(C)CN(C)C)cc(C)cc2c1C. The molecule has 1 aromatic carbocycles. The zero-order chi connectivity index (χ0) is 17.1. The molecule has 0 radical (unpaired) electrons. The van der Waals surface area contributed by atoms with Gasteiger partial charge in [-0.3, -0.25) is 4.79 Å². The van der Waals surface area contributed by atoms with E-state index < -0.39 is 0 Å². The van der Waals surface area contributed by atoms with Crippen LogP contribution in [0.25, 0.3) is 10.9 Å². The van der Waals surface area contributed by atoms with Crippen LogP contribution in [-0.4, -0.2) is 36.4 Å². The van der Waals surface area contributed by atoms with Crippen LogP contribution in [0.15, 0.2) is 12.1 Å². The van der Waals surface area contributed by atoms with E-state index in [9.17, 15) is 4.79 Å². The highest BCUT2D eigenvalue weighted by Crippen LogP contribution is 2.26. The molecule has 2 N–H and O–H groups in total. The molecule has 1 aromatic heterocycles. The number of nitrogens with one attached hydrogen (secondary N) is 2. The van der Waals surface area contributed by atoms with Crippen molar-refractivity contribution < 1.29 is 4.79 Å². The fourth-order valence-electron chi connectivity index (χ4n) is 3.19. The Labute approximate surface area is 139 Å². The quantitative estimate of drug-likeness (QED) is 0.860. The van der Waals surface area contributed by atoms with Crippen molar-refractivity contribution in [1.82, 2.24) is 15.2 Å². The lowest BCUT2D eigenvalue weighted by atomic mass is 10.0. The largest absolute Gasteiger partial charge is 0.358 e. The van der Waals surface area contributed by atoms with Crippen molar-refractivity contribution in [1.29, 1.82) is 0 Å². The molecule has 0 saturated heterocycles. The maximum Gasteiger partial charge on any atom is 0.224 e. The van der Waals surface area contributed by atoms with Crippen LogP contribution < -0.4 is 5.32 Å². The van der Waals surface area contributed by atoms with Crippen LogP contribution in [0.3, 0.4) is 0 Å². The summed E-state index contributed by atoms with van der Waals surface area (Å²) >= 11 is 0. The van der Waals surface area contributed by atoms with Gasteiger partial charge in [-0.1, -0.05) is 25.5 Å². The van der Waals surface area contributed by atoms with Crippen molar-refractivity contribution in [3.05, 3.63) is 34.5 Å². The van der Waals surface area contributed by atoms with Gasteiger partial charge in [0.1, 0.15) is 0 Å². The molecule has 126 valence electrons. The molecular formula is C19H29N3O. The topological polar surface area (TPSA) is 48.1 Å². The van der Waals surface area contributed by atoms with E-state index in [-0.39, 0.29) is 11.8 Å². The van der Waals surface area contributed by atoms with E-state index >= 15 is 0 Å². The number of rotatable bonds is 6. The lowest BCUT2D eigenvalue weighted by Crippen LogP contribution is -2.34. The Morgan fingerprint density at radius 1 is 1.30 bits per heavy atom. The van der Waals surface area contributed by atoms with Crippen molar-refractivity contribution in [2.75, 3.05) is 20.6 Å². The first-order valence-corrected chi connectivity index (χ1v) is 8.36. The van der Waals surface area contributed by atoms with E-state index in [2.05, 4.69) is 43.2 Å². The van der Waals surface area contributed by atoms with Crippen LogP contribution in [0.2, 0.25) is 0 Å². The Morgan fingerprint density at radius 3 is 2.61 bits per heavy atom. The number of hydrogen-bond acceptors (Lipinski definition) is 2. The lowest BCUT2D eigenvalue weighted by molar-refractivity contribution is -0.125. The van der Waals surface area contributed by atoms with Gasteiger partial charge >= 0.3 is 0 Å². The lowest BCUT2D eigenvalue weighted by Gasteiger charge is -2.17. The third-order valence-corrected chi connectivity index (χ3v) is 4.39. The minimum atomic E-state index is -0.0121. The molecule has 0 saturated carbocycles. The second-order valence-corrected chi connectivity index (χ2v) is 6.81. The summed E-state index contributed by atoms with van der Waals surface area (Å²) in [5.41, 5.74) is 6.14. The van der Waals surface area contributed by atoms with E-state index in [0.29, 0.717) is 6.54 Å². The molecule has 4 heteroatoms. The molecule has 1 heterocycles. The predicted molar refractivity (Wildman–Crippen MR) is 96.7 cm³/mol. The maximum atomic E-state index is 12.3. The number of carbonyl (C=O) groups excluding carboxylic acids is 1. The van der Waals surface area contributed by atoms with Gasteiger partial charge < -0.3 is 15.2 Å². The zero-order valence-corrected chi connectivity index (χ0v) is 15.2. The van der Waals surface area contributed by atoms with Crippen molar-refractivity contribution in [2.24, 2.45) is 5.92 Å². The highest BCUT2D eigenvalue weighted by Gasteiger charge is 2.15. The van der Waals surface area contributed by atoms with E-state index in [4.69, 9.17) is 0 Å². The normalized spacial score (nSPS) is 12.8. The first kappa shape index (κ1) is 17.5. The third-order valence-electron chi connectivity index (χ3n) is 4.39. The average Bonchev–Trinajstić information content (AvgIpc) is 2.80. The molecule has 2 rings (SSSR count). The van der Waals surface area contributed by atoms with E-state index in [0.717, 1.165) is 24.0 Å². The number of H-pyrrole nitrogens is 1. The fraction of sp³-hybridized carbons (Fsp3) is 0.526. The van der Waals surface area contributed by atoms with Crippen LogP contribution in [0, 0.1) is 19.8 Å². The van der Waals surface area contributed by atoms with Crippen LogP contribution in [0.1, 0.15) is 36.2 Å². The van der Waals surface area contributed by atoms with E-state index in [1.807, 2.05) is 25.9 Å². The number of nitrogens with zero attached hydrogens (tertiary/aromatic N) is 1. The molecular weight excluding hydrogens is 286 g/mol. The minimum Gasteiger partial charge on any atom is -0.358 e. The Morgan fingerprint density at radius 2 is 2.00 bits per heavy atom. The molecule has 0 aliphatic carbocycles. The fourth-order valence-corrected chi connectivity index (χ4v) is 3.19. The van der Waals surface area contributed by atoms with Crippen molar-refractivity contribution in [2.45, 2.75) is 40.7 Å². The summed E-state index contributed by atoms with van der Waals surface area (Å²) in [6.45, 7) is 9.73. The monoisotopic (exact) mass is 315 g/mol. The van der Waals surface area contributed by atoms with Gasteiger partial charge in [0.15, 0.2) is 0 Å². The Balaban J connectivity index is 2.21. The van der Waals surface area contributed by atoms with Crippen molar-refractivity contribution in [3.8, 4) is 0 Å². The summed E-state index contributed by atoms with van der Waals surface area (Å²) < 4.78 is 0. The van der Waals surface area contributed by atoms with Crippen LogP contribution >= 0.6 is 0 Å². The average molecular weight is 315 g/mol. The van der Waals surface area contributed by atoms with Gasteiger partial charge in [0.05, 0.1) is 5.52 Å². The van der Waals surface area contributed by atoms with Crippen molar-refractivity contribution >= 4 is 16.8 Å². The van der Waals surface area contributed by atoms with E-state index in [1.54, 1.807) is 0 Å². The molecule has 4 nitrogen and oxygen atoms in total. The van der Waals surface area contributed by atoms with Gasteiger partial charge in [-0.05, 0) is 51.6 Å². The highest BCUT2D eigenvalue weighted by atomic mass is 16.1. The number of aryl methyl sites for hydroxylation is 3. The standard InChI is InChI=1S/C19H29N3O/c1-7-17-14(4)16-9-12(2)8-15(18(16)21-17)10-20-19(23)13(3)11-22(5)6/h8-9,13,21H,7,10-11H2,1-6H3,(H,20,23). The van der Waals surface area contributed by atoms with Crippen LogP contribution in [0.4, 0.5) is 0 Å². The summed E-state index contributed by atoms with van der Waals surface area (Å²) in [6.07, 6.45) is 0.991. The molecule has 0 bridgehead atoms. The number of amides is 1. The summed E-state index contributed by atoms with van der Waals surface area (Å²) in [4.78, 5) is 17.8. The number of benzene rings is 1. The summed E-state index contributed by atoms with van der Waals surface area (Å²) in [5, 5.41) is 4.36. The van der Waals surface area contributed by atoms with Crippen molar-refractivity contribution in [3.63, 3.8) is 0 Å². The predicted octanol–water partition coefficient (Wildman–Crippen LogP) is 3.16. The molecule has 1 atom stereocenters.